The van der Waals surface area contributed by atoms with Crippen molar-refractivity contribution >= 4 is 5.69 Å². The summed E-state index contributed by atoms with van der Waals surface area (Å²) in [5, 5.41) is 0. The molecule has 0 fully saturated rings. The van der Waals surface area contributed by atoms with Crippen molar-refractivity contribution in [3.63, 3.8) is 0 Å². The Morgan fingerprint density at radius 2 is 2.00 bits per heavy atom. The minimum atomic E-state index is 0.499. The van der Waals surface area contributed by atoms with E-state index in [1.54, 1.807) is 0 Å². The van der Waals surface area contributed by atoms with Gasteiger partial charge in [-0.05, 0) is 44.0 Å². The quantitative estimate of drug-likeness (QED) is 0.814. The van der Waals surface area contributed by atoms with Gasteiger partial charge in [0.15, 0.2) is 0 Å². The van der Waals surface area contributed by atoms with Crippen LogP contribution in [0.2, 0.25) is 0 Å². The van der Waals surface area contributed by atoms with Crippen molar-refractivity contribution in [3.05, 3.63) is 23.8 Å². The van der Waals surface area contributed by atoms with Gasteiger partial charge >= 0.3 is 0 Å². The van der Waals surface area contributed by atoms with Gasteiger partial charge in [-0.3, -0.25) is 4.90 Å². The molecule has 2 N–H and O–H groups in total. The fraction of sp³-hybridized carbons (Fsp3) is 0.600. The number of fused-ring (bicyclic) bond motifs is 1. The van der Waals surface area contributed by atoms with Crippen molar-refractivity contribution in [2.75, 3.05) is 25.4 Å². The van der Waals surface area contributed by atoms with Gasteiger partial charge in [0.05, 0.1) is 5.69 Å². The number of anilines is 1. The van der Waals surface area contributed by atoms with Gasteiger partial charge in [-0.15, -0.1) is 0 Å². The predicted octanol–water partition coefficient (Wildman–Crippen LogP) is 2.69. The SMILES string of the molecule is CCCN(CCC)[C@H]1COc2c(N)cccc2C1. The van der Waals surface area contributed by atoms with E-state index in [1.807, 2.05) is 12.1 Å². The van der Waals surface area contributed by atoms with E-state index in [0.717, 1.165) is 37.6 Å². The number of rotatable bonds is 5. The Balaban J connectivity index is 2.10. The Kier molecular flexibility index (Phi) is 4.48. The van der Waals surface area contributed by atoms with Gasteiger partial charge in [0.2, 0.25) is 0 Å². The first-order chi connectivity index (χ1) is 8.76. The van der Waals surface area contributed by atoms with Crippen LogP contribution in [0, 0.1) is 0 Å². The largest absolute Gasteiger partial charge is 0.489 e. The predicted molar refractivity (Wildman–Crippen MR) is 76.0 cm³/mol. The van der Waals surface area contributed by atoms with Crippen LogP contribution in [-0.4, -0.2) is 30.6 Å². The van der Waals surface area contributed by atoms with Crippen molar-refractivity contribution in [2.45, 2.75) is 39.2 Å². The van der Waals surface area contributed by atoms with Crippen molar-refractivity contribution < 1.29 is 4.74 Å². The van der Waals surface area contributed by atoms with Crippen LogP contribution in [0.4, 0.5) is 5.69 Å². The smallest absolute Gasteiger partial charge is 0.145 e. The number of nitrogens with zero attached hydrogens (tertiary/aromatic N) is 1. The summed E-state index contributed by atoms with van der Waals surface area (Å²) in [5.74, 6) is 0.904. The van der Waals surface area contributed by atoms with Gasteiger partial charge in [0.1, 0.15) is 12.4 Å². The lowest BCUT2D eigenvalue weighted by Crippen LogP contribution is -2.44. The molecule has 1 aliphatic heterocycles. The summed E-state index contributed by atoms with van der Waals surface area (Å²) in [6.07, 6.45) is 3.45. The highest BCUT2D eigenvalue weighted by atomic mass is 16.5. The summed E-state index contributed by atoms with van der Waals surface area (Å²) in [4.78, 5) is 2.55. The van der Waals surface area contributed by atoms with E-state index in [-0.39, 0.29) is 0 Å². The maximum absolute atomic E-state index is 5.94. The third-order valence-electron chi connectivity index (χ3n) is 3.54. The molecular weight excluding hydrogens is 224 g/mol. The molecule has 100 valence electrons. The molecule has 18 heavy (non-hydrogen) atoms. The zero-order chi connectivity index (χ0) is 13.0. The number of hydrogen-bond acceptors (Lipinski definition) is 3. The van der Waals surface area contributed by atoms with Crippen molar-refractivity contribution in [3.8, 4) is 5.75 Å². The molecule has 0 spiro atoms. The van der Waals surface area contributed by atoms with Crippen LogP contribution in [0.1, 0.15) is 32.3 Å². The van der Waals surface area contributed by atoms with Crippen LogP contribution in [0.25, 0.3) is 0 Å². The number of benzene rings is 1. The minimum Gasteiger partial charge on any atom is -0.489 e. The second-order valence-corrected chi connectivity index (χ2v) is 5.04. The van der Waals surface area contributed by atoms with Gasteiger partial charge in [0.25, 0.3) is 0 Å². The summed E-state index contributed by atoms with van der Waals surface area (Å²) in [6.45, 7) is 7.54. The maximum Gasteiger partial charge on any atom is 0.145 e. The van der Waals surface area contributed by atoms with Gasteiger partial charge in [-0.2, -0.15) is 0 Å². The average Bonchev–Trinajstić information content (AvgIpc) is 2.38. The molecule has 2 rings (SSSR count). The van der Waals surface area contributed by atoms with Gasteiger partial charge in [-0.1, -0.05) is 26.0 Å². The molecule has 1 heterocycles. The highest BCUT2D eigenvalue weighted by molar-refractivity contribution is 5.57. The Bertz CT molecular complexity index is 386. The first kappa shape index (κ1) is 13.2. The molecule has 3 nitrogen and oxygen atoms in total. The third kappa shape index (κ3) is 2.78. The standard InChI is InChI=1S/C15H24N2O/c1-3-8-17(9-4-2)13-10-12-6-5-7-14(16)15(12)18-11-13/h5-7,13H,3-4,8-11,16H2,1-2H3/t13-/m1/s1. The van der Waals surface area contributed by atoms with Crippen LogP contribution in [0.5, 0.6) is 5.75 Å². The van der Waals surface area contributed by atoms with E-state index in [2.05, 4.69) is 24.8 Å². The van der Waals surface area contributed by atoms with Crippen LogP contribution in [-0.2, 0) is 6.42 Å². The van der Waals surface area contributed by atoms with Crippen LogP contribution in [0.15, 0.2) is 18.2 Å². The fourth-order valence-electron chi connectivity index (χ4n) is 2.72. The maximum atomic E-state index is 5.94. The van der Waals surface area contributed by atoms with E-state index < -0.39 is 0 Å². The van der Waals surface area contributed by atoms with E-state index >= 15 is 0 Å². The number of hydrogen-bond donors (Lipinski definition) is 1. The molecule has 0 saturated heterocycles. The Labute approximate surface area is 110 Å². The zero-order valence-electron chi connectivity index (χ0n) is 11.5. The van der Waals surface area contributed by atoms with Crippen LogP contribution < -0.4 is 10.5 Å². The second kappa shape index (κ2) is 6.10. The van der Waals surface area contributed by atoms with Gasteiger partial charge in [0, 0.05) is 6.04 Å². The molecule has 3 heteroatoms. The van der Waals surface area contributed by atoms with E-state index in [0.29, 0.717) is 6.04 Å². The summed E-state index contributed by atoms with van der Waals surface area (Å²) >= 11 is 0. The topological polar surface area (TPSA) is 38.5 Å². The fourth-order valence-corrected chi connectivity index (χ4v) is 2.72. The van der Waals surface area contributed by atoms with Crippen LogP contribution >= 0.6 is 0 Å². The zero-order valence-corrected chi connectivity index (χ0v) is 11.5. The summed E-state index contributed by atoms with van der Waals surface area (Å²) in [6, 6.07) is 6.56. The molecular formula is C15H24N2O. The number of para-hydroxylation sites is 1. The Morgan fingerprint density at radius 3 is 2.67 bits per heavy atom. The highest BCUT2D eigenvalue weighted by Gasteiger charge is 2.25. The second-order valence-electron chi connectivity index (χ2n) is 5.04. The Morgan fingerprint density at radius 1 is 1.28 bits per heavy atom. The number of ether oxygens (including phenoxy) is 1. The molecule has 0 bridgehead atoms. The van der Waals surface area contributed by atoms with E-state index in [4.69, 9.17) is 10.5 Å². The lowest BCUT2D eigenvalue weighted by Gasteiger charge is -2.35. The molecule has 1 atom stereocenters. The number of nitrogens with two attached hydrogens (primary N) is 1. The van der Waals surface area contributed by atoms with Crippen LogP contribution in [0.3, 0.4) is 0 Å². The molecule has 0 aromatic heterocycles. The lowest BCUT2D eigenvalue weighted by atomic mass is 10.00. The average molecular weight is 248 g/mol. The van der Waals surface area contributed by atoms with Crippen molar-refractivity contribution in [1.29, 1.82) is 0 Å². The first-order valence-corrected chi connectivity index (χ1v) is 7.00. The molecule has 0 radical (unpaired) electrons. The first-order valence-electron chi connectivity index (χ1n) is 7.00. The van der Waals surface area contributed by atoms with E-state index in [1.165, 1.54) is 18.4 Å². The highest BCUT2D eigenvalue weighted by Crippen LogP contribution is 2.32. The molecule has 1 aliphatic rings. The van der Waals surface area contributed by atoms with Gasteiger partial charge < -0.3 is 10.5 Å². The number of nitrogen functional groups attached to an aromatic ring is 1. The third-order valence-corrected chi connectivity index (χ3v) is 3.54. The monoisotopic (exact) mass is 248 g/mol. The summed E-state index contributed by atoms with van der Waals surface area (Å²) in [5.41, 5.74) is 7.96. The molecule has 1 aromatic carbocycles. The van der Waals surface area contributed by atoms with E-state index in [9.17, 15) is 0 Å². The molecule has 1 aromatic rings. The lowest BCUT2D eigenvalue weighted by molar-refractivity contribution is 0.119. The normalized spacial score (nSPS) is 18.5. The summed E-state index contributed by atoms with van der Waals surface area (Å²) < 4.78 is 5.87. The Hall–Kier alpha value is -1.22. The molecule has 0 amide bonds. The molecule has 0 saturated carbocycles. The van der Waals surface area contributed by atoms with Crippen molar-refractivity contribution in [1.82, 2.24) is 4.90 Å². The van der Waals surface area contributed by atoms with Gasteiger partial charge in [-0.25, -0.2) is 0 Å². The van der Waals surface area contributed by atoms with Crippen molar-refractivity contribution in [2.24, 2.45) is 0 Å². The molecule has 0 unspecified atom stereocenters. The summed E-state index contributed by atoms with van der Waals surface area (Å²) in [7, 11) is 0. The molecule has 0 aliphatic carbocycles. The minimum absolute atomic E-state index is 0.499.